The molecule has 25 heavy (non-hydrogen) atoms. The molecule has 2 aromatic carbocycles. The maximum Gasteiger partial charge on any atom is 0.146 e. The standard InChI is InChI=1S/C21H18FN3/c1-14-20(16-8-2-4-10-18(16)24-14)21(15-7-6-12-23-13-15)25-19-11-5-3-9-17(19)22/h2-13,21,24-25H,1H3/t21-/m0/s1. The van der Waals surface area contributed by atoms with Gasteiger partial charge in [-0.3, -0.25) is 4.98 Å². The number of aryl methyl sites for hydroxylation is 1. The monoisotopic (exact) mass is 331 g/mol. The highest BCUT2D eigenvalue weighted by Crippen LogP contribution is 2.34. The number of rotatable bonds is 4. The lowest BCUT2D eigenvalue weighted by Crippen LogP contribution is -2.14. The molecule has 0 aliphatic rings. The van der Waals surface area contributed by atoms with Crippen molar-refractivity contribution in [3.8, 4) is 0 Å². The summed E-state index contributed by atoms with van der Waals surface area (Å²) in [6, 6.07) is 18.6. The second-order valence-corrected chi connectivity index (χ2v) is 6.05. The van der Waals surface area contributed by atoms with Crippen molar-refractivity contribution in [2.45, 2.75) is 13.0 Å². The summed E-state index contributed by atoms with van der Waals surface area (Å²) in [6.45, 7) is 2.04. The Hall–Kier alpha value is -3.14. The van der Waals surface area contributed by atoms with Crippen LogP contribution in [0.3, 0.4) is 0 Å². The molecule has 0 saturated carbocycles. The summed E-state index contributed by atoms with van der Waals surface area (Å²) in [6.07, 6.45) is 3.56. The highest BCUT2D eigenvalue weighted by atomic mass is 19.1. The van der Waals surface area contributed by atoms with E-state index in [4.69, 9.17) is 0 Å². The Morgan fingerprint density at radius 2 is 1.80 bits per heavy atom. The molecule has 0 bridgehead atoms. The zero-order valence-corrected chi connectivity index (χ0v) is 13.8. The van der Waals surface area contributed by atoms with Crippen molar-refractivity contribution in [2.75, 3.05) is 5.32 Å². The number of nitrogens with zero attached hydrogens (tertiary/aromatic N) is 1. The summed E-state index contributed by atoms with van der Waals surface area (Å²) in [5, 5.41) is 4.49. The van der Waals surface area contributed by atoms with Gasteiger partial charge in [0.1, 0.15) is 5.82 Å². The number of H-pyrrole nitrogens is 1. The first-order valence-corrected chi connectivity index (χ1v) is 8.22. The number of pyridine rings is 1. The highest BCUT2D eigenvalue weighted by Gasteiger charge is 2.21. The van der Waals surface area contributed by atoms with Crippen molar-refractivity contribution in [3.05, 3.63) is 95.7 Å². The predicted molar refractivity (Wildman–Crippen MR) is 99.1 cm³/mol. The lowest BCUT2D eigenvalue weighted by Gasteiger charge is -2.21. The highest BCUT2D eigenvalue weighted by molar-refractivity contribution is 5.86. The van der Waals surface area contributed by atoms with Crippen molar-refractivity contribution in [1.82, 2.24) is 9.97 Å². The number of benzene rings is 2. The van der Waals surface area contributed by atoms with Gasteiger partial charge >= 0.3 is 0 Å². The van der Waals surface area contributed by atoms with Gasteiger partial charge in [-0.15, -0.1) is 0 Å². The Labute approximate surface area is 145 Å². The summed E-state index contributed by atoms with van der Waals surface area (Å²) in [7, 11) is 0. The molecule has 0 aliphatic heterocycles. The Bertz CT molecular complexity index is 1010. The third kappa shape index (κ3) is 2.87. The molecule has 124 valence electrons. The van der Waals surface area contributed by atoms with Crippen molar-refractivity contribution in [3.63, 3.8) is 0 Å². The van der Waals surface area contributed by atoms with Crippen LogP contribution in [0.1, 0.15) is 22.9 Å². The van der Waals surface area contributed by atoms with Gasteiger partial charge in [0.2, 0.25) is 0 Å². The van der Waals surface area contributed by atoms with E-state index in [1.807, 2.05) is 43.5 Å². The van der Waals surface area contributed by atoms with E-state index in [0.717, 1.165) is 27.7 Å². The third-order valence-electron chi connectivity index (χ3n) is 4.42. The molecule has 0 saturated heterocycles. The van der Waals surface area contributed by atoms with Crippen LogP contribution >= 0.6 is 0 Å². The van der Waals surface area contributed by atoms with E-state index in [9.17, 15) is 4.39 Å². The molecule has 3 nitrogen and oxygen atoms in total. The lowest BCUT2D eigenvalue weighted by atomic mass is 9.97. The van der Waals surface area contributed by atoms with Gasteiger partial charge in [-0.25, -0.2) is 4.39 Å². The summed E-state index contributed by atoms with van der Waals surface area (Å²) in [5.41, 5.74) is 4.68. The molecule has 4 rings (SSSR count). The number of fused-ring (bicyclic) bond motifs is 1. The minimum Gasteiger partial charge on any atom is -0.372 e. The topological polar surface area (TPSA) is 40.7 Å². The number of halogens is 1. The van der Waals surface area contributed by atoms with Gasteiger partial charge in [0, 0.05) is 34.6 Å². The fourth-order valence-electron chi connectivity index (χ4n) is 3.27. The maximum absolute atomic E-state index is 14.2. The Kier molecular flexibility index (Phi) is 3.94. The molecule has 0 unspecified atom stereocenters. The van der Waals surface area contributed by atoms with E-state index in [2.05, 4.69) is 27.4 Å². The van der Waals surface area contributed by atoms with Crippen LogP contribution < -0.4 is 5.32 Å². The van der Waals surface area contributed by atoms with Gasteiger partial charge in [0.05, 0.1) is 11.7 Å². The number of aromatic nitrogens is 2. The molecule has 4 heteroatoms. The largest absolute Gasteiger partial charge is 0.372 e. The van der Waals surface area contributed by atoms with Gasteiger partial charge in [-0.1, -0.05) is 36.4 Å². The van der Waals surface area contributed by atoms with Crippen LogP contribution in [0.25, 0.3) is 10.9 Å². The van der Waals surface area contributed by atoms with Gasteiger partial charge in [0.25, 0.3) is 0 Å². The van der Waals surface area contributed by atoms with E-state index in [-0.39, 0.29) is 11.9 Å². The third-order valence-corrected chi connectivity index (χ3v) is 4.42. The average Bonchev–Trinajstić information content (AvgIpc) is 2.97. The average molecular weight is 331 g/mol. The van der Waals surface area contributed by atoms with E-state index in [0.29, 0.717) is 5.69 Å². The zero-order chi connectivity index (χ0) is 17.2. The summed E-state index contributed by atoms with van der Waals surface area (Å²) < 4.78 is 14.2. The van der Waals surface area contributed by atoms with E-state index in [1.54, 1.807) is 18.3 Å². The molecule has 0 radical (unpaired) electrons. The van der Waals surface area contributed by atoms with Gasteiger partial charge in [-0.2, -0.15) is 0 Å². The fourth-order valence-corrected chi connectivity index (χ4v) is 3.27. The number of hydrogen-bond acceptors (Lipinski definition) is 2. The molecular formula is C21H18FN3. The normalized spacial score (nSPS) is 12.2. The number of para-hydroxylation sites is 2. The van der Waals surface area contributed by atoms with Crippen LogP contribution in [0.15, 0.2) is 73.1 Å². The van der Waals surface area contributed by atoms with Gasteiger partial charge < -0.3 is 10.3 Å². The molecule has 2 heterocycles. The Balaban J connectivity index is 1.88. The molecule has 0 aliphatic carbocycles. The number of aromatic amines is 1. The van der Waals surface area contributed by atoms with Crippen LogP contribution in [-0.4, -0.2) is 9.97 Å². The molecule has 4 aromatic rings. The SMILES string of the molecule is Cc1[nH]c2ccccc2c1[C@@H](Nc1ccccc1F)c1cccnc1. The van der Waals surface area contributed by atoms with E-state index in [1.165, 1.54) is 6.07 Å². The van der Waals surface area contributed by atoms with E-state index < -0.39 is 0 Å². The first-order chi connectivity index (χ1) is 12.2. The zero-order valence-electron chi connectivity index (χ0n) is 13.8. The molecule has 0 spiro atoms. The fraction of sp³-hybridized carbons (Fsp3) is 0.0952. The maximum atomic E-state index is 14.2. The lowest BCUT2D eigenvalue weighted by molar-refractivity contribution is 0.628. The number of hydrogen-bond donors (Lipinski definition) is 2. The molecule has 2 N–H and O–H groups in total. The van der Waals surface area contributed by atoms with E-state index >= 15 is 0 Å². The summed E-state index contributed by atoms with van der Waals surface area (Å²) in [4.78, 5) is 7.67. The van der Waals surface area contributed by atoms with Crippen LogP contribution in [0, 0.1) is 12.7 Å². The summed E-state index contributed by atoms with van der Waals surface area (Å²) >= 11 is 0. The van der Waals surface area contributed by atoms with Crippen LogP contribution in [-0.2, 0) is 0 Å². The number of nitrogens with one attached hydrogen (secondary N) is 2. The number of anilines is 1. The van der Waals surface area contributed by atoms with Gasteiger partial charge in [0.15, 0.2) is 0 Å². The molecular weight excluding hydrogens is 313 g/mol. The van der Waals surface area contributed by atoms with Crippen LogP contribution in [0.4, 0.5) is 10.1 Å². The smallest absolute Gasteiger partial charge is 0.146 e. The van der Waals surface area contributed by atoms with Crippen molar-refractivity contribution >= 4 is 16.6 Å². The molecule has 0 amide bonds. The Morgan fingerprint density at radius 1 is 1.00 bits per heavy atom. The van der Waals surface area contributed by atoms with Crippen molar-refractivity contribution < 1.29 is 4.39 Å². The minimum absolute atomic E-state index is 0.207. The first-order valence-electron chi connectivity index (χ1n) is 8.22. The van der Waals surface area contributed by atoms with Crippen LogP contribution in [0.5, 0.6) is 0 Å². The second-order valence-electron chi connectivity index (χ2n) is 6.05. The quantitative estimate of drug-likeness (QED) is 0.539. The van der Waals surface area contributed by atoms with Crippen LogP contribution in [0.2, 0.25) is 0 Å². The minimum atomic E-state index is -0.270. The van der Waals surface area contributed by atoms with Crippen molar-refractivity contribution in [1.29, 1.82) is 0 Å². The molecule has 2 aromatic heterocycles. The Morgan fingerprint density at radius 3 is 2.60 bits per heavy atom. The predicted octanol–water partition coefficient (Wildman–Crippen LogP) is 5.21. The second kappa shape index (κ2) is 6.40. The molecule has 0 fully saturated rings. The summed E-state index contributed by atoms with van der Waals surface area (Å²) in [5.74, 6) is -0.270. The van der Waals surface area contributed by atoms with Crippen molar-refractivity contribution in [2.24, 2.45) is 0 Å². The first kappa shape index (κ1) is 15.4. The van der Waals surface area contributed by atoms with Gasteiger partial charge in [-0.05, 0) is 36.8 Å². The molecule has 1 atom stereocenters.